The number of ether oxygens (including phenoxy) is 1. The summed E-state index contributed by atoms with van der Waals surface area (Å²) in [6.07, 6.45) is 0. The Hall–Kier alpha value is -1.74. The Bertz CT molecular complexity index is 823. The lowest BCUT2D eigenvalue weighted by molar-refractivity contribution is -0.0438. The lowest BCUT2D eigenvalue weighted by Gasteiger charge is -2.27. The van der Waals surface area contributed by atoms with E-state index >= 15 is 0 Å². The molecule has 0 N–H and O–H groups in total. The van der Waals surface area contributed by atoms with Gasteiger partial charge in [0.2, 0.25) is 0 Å². The third-order valence-electron chi connectivity index (χ3n) is 3.47. The first-order valence-corrected chi connectivity index (χ1v) is 9.62. The van der Waals surface area contributed by atoms with Gasteiger partial charge in [-0.15, -0.1) is 0 Å². The van der Waals surface area contributed by atoms with Gasteiger partial charge in [-0.25, -0.2) is 0 Å². The summed E-state index contributed by atoms with van der Waals surface area (Å²) in [5, 5.41) is 0.218. The quantitative estimate of drug-likeness (QED) is 0.627. The minimum Gasteiger partial charge on any atom is -0.497 e. The SMILES string of the molecule is COc1ccc(CN(c2ccccc2CBr)S(=O)(=O)C(F)(F)F)cc1. The van der Waals surface area contributed by atoms with Crippen molar-refractivity contribution in [2.75, 3.05) is 11.4 Å². The van der Waals surface area contributed by atoms with Crippen molar-refractivity contribution in [2.45, 2.75) is 17.4 Å². The van der Waals surface area contributed by atoms with Crippen LogP contribution in [0.1, 0.15) is 11.1 Å². The zero-order valence-electron chi connectivity index (χ0n) is 13.1. The summed E-state index contributed by atoms with van der Waals surface area (Å²) in [5.41, 5.74) is -4.59. The predicted octanol–water partition coefficient (Wildman–Crippen LogP) is 4.45. The van der Waals surface area contributed by atoms with Crippen LogP contribution in [0.15, 0.2) is 48.5 Å². The zero-order chi connectivity index (χ0) is 18.7. The van der Waals surface area contributed by atoms with E-state index in [2.05, 4.69) is 15.9 Å². The largest absolute Gasteiger partial charge is 0.516 e. The van der Waals surface area contributed by atoms with Gasteiger partial charge in [-0.2, -0.15) is 21.6 Å². The molecule has 25 heavy (non-hydrogen) atoms. The van der Waals surface area contributed by atoms with E-state index < -0.39 is 22.1 Å². The number of hydrogen-bond donors (Lipinski definition) is 0. The maximum Gasteiger partial charge on any atom is 0.516 e. The van der Waals surface area contributed by atoms with Crippen LogP contribution in [0.3, 0.4) is 0 Å². The van der Waals surface area contributed by atoms with Crippen molar-refractivity contribution >= 4 is 31.6 Å². The van der Waals surface area contributed by atoms with Crippen LogP contribution in [0.2, 0.25) is 0 Å². The van der Waals surface area contributed by atoms with Crippen molar-refractivity contribution in [1.82, 2.24) is 0 Å². The van der Waals surface area contributed by atoms with Gasteiger partial charge in [0, 0.05) is 5.33 Å². The molecule has 9 heteroatoms. The second-order valence-corrected chi connectivity index (χ2v) is 7.48. The van der Waals surface area contributed by atoms with Gasteiger partial charge in [-0.05, 0) is 29.3 Å². The highest BCUT2D eigenvalue weighted by atomic mass is 79.9. The molecule has 0 fully saturated rings. The lowest BCUT2D eigenvalue weighted by Crippen LogP contribution is -2.40. The van der Waals surface area contributed by atoms with Crippen LogP contribution in [-0.2, 0) is 21.9 Å². The molecule has 2 rings (SSSR count). The van der Waals surface area contributed by atoms with Crippen molar-refractivity contribution in [1.29, 1.82) is 0 Å². The lowest BCUT2D eigenvalue weighted by atomic mass is 10.1. The fourth-order valence-electron chi connectivity index (χ4n) is 2.19. The van der Waals surface area contributed by atoms with Gasteiger partial charge in [0.1, 0.15) is 5.75 Å². The summed E-state index contributed by atoms with van der Waals surface area (Å²) < 4.78 is 69.1. The second-order valence-electron chi connectivity index (χ2n) is 5.07. The van der Waals surface area contributed by atoms with Crippen LogP contribution in [0.5, 0.6) is 5.75 Å². The van der Waals surface area contributed by atoms with Crippen molar-refractivity contribution in [2.24, 2.45) is 0 Å². The van der Waals surface area contributed by atoms with Gasteiger partial charge >= 0.3 is 15.5 Å². The summed E-state index contributed by atoms with van der Waals surface area (Å²) in [7, 11) is -4.10. The molecule has 0 aliphatic carbocycles. The Balaban J connectivity index is 2.52. The van der Waals surface area contributed by atoms with E-state index in [0.717, 1.165) is 0 Å². The molecule has 0 saturated heterocycles. The molecule has 0 amide bonds. The number of alkyl halides is 4. The minimum atomic E-state index is -5.56. The van der Waals surface area contributed by atoms with Crippen molar-refractivity contribution in [3.8, 4) is 5.75 Å². The number of sulfonamides is 1. The number of methoxy groups -OCH3 is 1. The molecule has 0 atom stereocenters. The third-order valence-corrected chi connectivity index (χ3v) is 5.57. The Morgan fingerprint density at radius 3 is 2.20 bits per heavy atom. The van der Waals surface area contributed by atoms with E-state index in [4.69, 9.17) is 4.74 Å². The first-order chi connectivity index (χ1) is 11.7. The van der Waals surface area contributed by atoms with Crippen LogP contribution < -0.4 is 9.04 Å². The monoisotopic (exact) mass is 437 g/mol. The Morgan fingerprint density at radius 1 is 1.08 bits per heavy atom. The molecular formula is C16H15BrF3NO3S. The molecule has 0 spiro atoms. The molecule has 0 aliphatic rings. The van der Waals surface area contributed by atoms with E-state index in [0.29, 0.717) is 21.2 Å². The number of para-hydroxylation sites is 1. The summed E-state index contributed by atoms with van der Waals surface area (Å²) in [5.74, 6) is 0.523. The van der Waals surface area contributed by atoms with Crippen LogP contribution in [-0.4, -0.2) is 21.0 Å². The van der Waals surface area contributed by atoms with Crippen molar-refractivity contribution < 1.29 is 26.3 Å². The van der Waals surface area contributed by atoms with E-state index in [1.807, 2.05) is 0 Å². The van der Waals surface area contributed by atoms with Gasteiger partial charge in [0.05, 0.1) is 19.3 Å². The highest BCUT2D eigenvalue weighted by Gasteiger charge is 2.50. The Morgan fingerprint density at radius 2 is 1.68 bits per heavy atom. The average Bonchev–Trinajstić information content (AvgIpc) is 2.59. The molecule has 0 unspecified atom stereocenters. The zero-order valence-corrected chi connectivity index (χ0v) is 15.5. The molecule has 0 aliphatic heterocycles. The number of anilines is 1. The second kappa shape index (κ2) is 7.65. The summed E-state index contributed by atoms with van der Waals surface area (Å²) in [6.45, 7) is -0.449. The summed E-state index contributed by atoms with van der Waals surface area (Å²) in [4.78, 5) is 0. The topological polar surface area (TPSA) is 46.6 Å². The molecule has 136 valence electrons. The average molecular weight is 438 g/mol. The van der Waals surface area contributed by atoms with E-state index in [9.17, 15) is 21.6 Å². The van der Waals surface area contributed by atoms with Crippen LogP contribution >= 0.6 is 15.9 Å². The van der Waals surface area contributed by atoms with Crippen molar-refractivity contribution in [3.05, 3.63) is 59.7 Å². The maximum absolute atomic E-state index is 13.2. The van der Waals surface area contributed by atoms with Gasteiger partial charge in [0.15, 0.2) is 0 Å². The van der Waals surface area contributed by atoms with E-state index in [1.54, 1.807) is 24.3 Å². The number of halogens is 4. The fraction of sp³-hybridized carbons (Fsp3) is 0.250. The van der Waals surface area contributed by atoms with Gasteiger partial charge in [-0.3, -0.25) is 4.31 Å². The number of hydrogen-bond acceptors (Lipinski definition) is 3. The Labute approximate surface area is 152 Å². The molecular weight excluding hydrogens is 423 g/mol. The first kappa shape index (κ1) is 19.6. The fourth-order valence-corrected chi connectivity index (χ4v) is 3.67. The number of rotatable bonds is 6. The normalized spacial score (nSPS) is 12.0. The number of benzene rings is 2. The van der Waals surface area contributed by atoms with Gasteiger partial charge in [0.25, 0.3) is 0 Å². The Kier molecular flexibility index (Phi) is 5.99. The van der Waals surface area contributed by atoms with Gasteiger partial charge < -0.3 is 4.74 Å². The van der Waals surface area contributed by atoms with Crippen molar-refractivity contribution in [3.63, 3.8) is 0 Å². The molecule has 0 heterocycles. The molecule has 0 saturated carbocycles. The van der Waals surface area contributed by atoms with E-state index in [-0.39, 0.29) is 11.0 Å². The molecule has 2 aromatic carbocycles. The van der Waals surface area contributed by atoms with Crippen LogP contribution in [0, 0.1) is 0 Å². The minimum absolute atomic E-state index is 0.0208. The van der Waals surface area contributed by atoms with Crippen LogP contribution in [0.25, 0.3) is 0 Å². The predicted molar refractivity (Wildman–Crippen MR) is 93.2 cm³/mol. The summed E-state index contributed by atoms with van der Waals surface area (Å²) in [6, 6.07) is 12.2. The smallest absolute Gasteiger partial charge is 0.497 e. The third kappa shape index (κ3) is 4.27. The molecule has 2 aromatic rings. The van der Waals surface area contributed by atoms with Gasteiger partial charge in [-0.1, -0.05) is 46.3 Å². The number of nitrogens with zero attached hydrogens (tertiary/aromatic N) is 1. The maximum atomic E-state index is 13.2. The highest BCUT2D eigenvalue weighted by molar-refractivity contribution is 9.08. The summed E-state index contributed by atoms with van der Waals surface area (Å²) >= 11 is 3.18. The molecule has 0 aromatic heterocycles. The molecule has 0 radical (unpaired) electrons. The first-order valence-electron chi connectivity index (χ1n) is 7.06. The standard InChI is InChI=1S/C16H15BrF3NO3S/c1-24-14-8-6-12(7-9-14)11-21(25(22,23)16(18,19)20)15-5-3-2-4-13(15)10-17/h2-9H,10-11H2,1H3. The molecule has 4 nitrogen and oxygen atoms in total. The van der Waals surface area contributed by atoms with Crippen LogP contribution in [0.4, 0.5) is 18.9 Å². The highest BCUT2D eigenvalue weighted by Crippen LogP contribution is 2.34. The van der Waals surface area contributed by atoms with E-state index in [1.165, 1.54) is 31.4 Å². The molecule has 0 bridgehead atoms.